The minimum atomic E-state index is 0.181. The lowest BCUT2D eigenvalue weighted by atomic mass is 9.92. The van der Waals surface area contributed by atoms with Gasteiger partial charge in [0.2, 0.25) is 0 Å². The zero-order valence-electron chi connectivity index (χ0n) is 10.0. The van der Waals surface area contributed by atoms with Crippen LogP contribution in [0.1, 0.15) is 30.1 Å². The van der Waals surface area contributed by atoms with Crippen LogP contribution in [0.3, 0.4) is 0 Å². The van der Waals surface area contributed by atoms with Crippen LogP contribution in [0.25, 0.3) is 10.8 Å². The molecule has 0 radical (unpaired) electrons. The highest BCUT2D eigenvalue weighted by molar-refractivity contribution is 6.09. The molecule has 1 unspecified atom stereocenters. The van der Waals surface area contributed by atoms with E-state index in [9.17, 15) is 4.79 Å². The molecule has 0 bridgehead atoms. The Morgan fingerprint density at radius 3 is 2.59 bits per heavy atom. The molecule has 1 aliphatic rings. The van der Waals surface area contributed by atoms with Crippen molar-refractivity contribution >= 4 is 16.6 Å². The first-order valence-electron chi connectivity index (χ1n) is 6.29. The summed E-state index contributed by atoms with van der Waals surface area (Å²) in [5, 5.41) is 2.24. The summed E-state index contributed by atoms with van der Waals surface area (Å²) in [6.45, 7) is 2.07. The monoisotopic (exact) mass is 224 g/mol. The molecule has 1 aliphatic carbocycles. The average molecular weight is 224 g/mol. The predicted octanol–water partition coefficient (Wildman–Crippen LogP) is 4.07. The van der Waals surface area contributed by atoms with E-state index in [2.05, 4.69) is 19.1 Å². The first-order valence-corrected chi connectivity index (χ1v) is 6.29. The van der Waals surface area contributed by atoms with Crippen LogP contribution in [0.5, 0.6) is 0 Å². The normalized spacial score (nSPS) is 17.0. The van der Waals surface area contributed by atoms with E-state index in [-0.39, 0.29) is 5.92 Å². The van der Waals surface area contributed by atoms with Crippen molar-refractivity contribution in [3.05, 3.63) is 48.0 Å². The first kappa shape index (κ1) is 10.5. The van der Waals surface area contributed by atoms with E-state index < -0.39 is 0 Å². The van der Waals surface area contributed by atoms with Crippen LogP contribution in [0, 0.1) is 11.8 Å². The van der Waals surface area contributed by atoms with Gasteiger partial charge in [-0.2, -0.15) is 0 Å². The van der Waals surface area contributed by atoms with Crippen LogP contribution in [-0.2, 0) is 0 Å². The van der Waals surface area contributed by atoms with Crippen LogP contribution in [0.15, 0.2) is 42.5 Å². The van der Waals surface area contributed by atoms with Gasteiger partial charge in [-0.1, -0.05) is 49.4 Å². The van der Waals surface area contributed by atoms with Gasteiger partial charge in [-0.25, -0.2) is 0 Å². The van der Waals surface area contributed by atoms with Crippen LogP contribution in [0.2, 0.25) is 0 Å². The molecule has 1 fully saturated rings. The maximum Gasteiger partial charge on any atom is 0.166 e. The molecule has 2 aromatic carbocycles. The molecule has 3 rings (SSSR count). The van der Waals surface area contributed by atoms with Crippen LogP contribution < -0.4 is 0 Å². The summed E-state index contributed by atoms with van der Waals surface area (Å²) >= 11 is 0. The Labute approximate surface area is 101 Å². The summed E-state index contributed by atoms with van der Waals surface area (Å²) in [5.41, 5.74) is 0.891. The third-order valence-corrected chi connectivity index (χ3v) is 3.80. The summed E-state index contributed by atoms with van der Waals surface area (Å²) < 4.78 is 0. The van der Waals surface area contributed by atoms with Gasteiger partial charge >= 0.3 is 0 Å². The Hall–Kier alpha value is -1.63. The van der Waals surface area contributed by atoms with E-state index in [1.807, 2.05) is 30.3 Å². The second kappa shape index (κ2) is 3.99. The van der Waals surface area contributed by atoms with Gasteiger partial charge < -0.3 is 0 Å². The Morgan fingerprint density at radius 2 is 1.82 bits per heavy atom. The first-order chi connectivity index (χ1) is 8.27. The molecule has 0 saturated heterocycles. The Morgan fingerprint density at radius 1 is 1.12 bits per heavy atom. The van der Waals surface area contributed by atoms with Crippen molar-refractivity contribution in [1.29, 1.82) is 0 Å². The van der Waals surface area contributed by atoms with E-state index in [4.69, 9.17) is 0 Å². The molecule has 1 atom stereocenters. The summed E-state index contributed by atoms with van der Waals surface area (Å²) in [4.78, 5) is 12.4. The number of ketones is 1. The maximum atomic E-state index is 12.4. The van der Waals surface area contributed by atoms with Crippen molar-refractivity contribution in [2.75, 3.05) is 0 Å². The van der Waals surface area contributed by atoms with E-state index in [1.165, 1.54) is 12.8 Å². The van der Waals surface area contributed by atoms with Gasteiger partial charge in [-0.05, 0) is 29.5 Å². The minimum Gasteiger partial charge on any atom is -0.294 e. The average Bonchev–Trinajstić information content (AvgIpc) is 3.20. The summed E-state index contributed by atoms with van der Waals surface area (Å²) in [6.07, 6.45) is 2.44. The zero-order chi connectivity index (χ0) is 11.8. The highest BCUT2D eigenvalue weighted by atomic mass is 16.1. The van der Waals surface area contributed by atoms with E-state index in [1.54, 1.807) is 0 Å². The number of hydrogen-bond donors (Lipinski definition) is 0. The lowest BCUT2D eigenvalue weighted by Gasteiger charge is -2.11. The lowest BCUT2D eigenvalue weighted by Crippen LogP contribution is -2.13. The number of carbonyl (C=O) groups excluding carboxylic acids is 1. The number of carbonyl (C=O) groups is 1. The molecule has 0 aromatic heterocycles. The van der Waals surface area contributed by atoms with Crippen molar-refractivity contribution in [2.24, 2.45) is 11.8 Å². The Balaban J connectivity index is 2.07. The van der Waals surface area contributed by atoms with Crippen molar-refractivity contribution in [3.63, 3.8) is 0 Å². The third-order valence-electron chi connectivity index (χ3n) is 3.80. The van der Waals surface area contributed by atoms with Crippen molar-refractivity contribution in [1.82, 2.24) is 0 Å². The van der Waals surface area contributed by atoms with Gasteiger partial charge in [0, 0.05) is 11.5 Å². The standard InChI is InChI=1S/C16H16O/c1-11(12-9-10-12)16(17)15-8-4-6-13-5-2-3-7-14(13)15/h2-8,11-12H,9-10H2,1H3. The molecule has 17 heavy (non-hydrogen) atoms. The molecule has 0 spiro atoms. The van der Waals surface area contributed by atoms with E-state index in [0.29, 0.717) is 11.7 Å². The lowest BCUT2D eigenvalue weighted by molar-refractivity contribution is 0.0918. The number of Topliss-reactive ketones (excluding diaryl/α,β-unsaturated/α-hetero) is 1. The van der Waals surface area contributed by atoms with E-state index in [0.717, 1.165) is 16.3 Å². The van der Waals surface area contributed by atoms with Crippen molar-refractivity contribution in [2.45, 2.75) is 19.8 Å². The van der Waals surface area contributed by atoms with Gasteiger partial charge in [0.15, 0.2) is 5.78 Å². The molecule has 0 aliphatic heterocycles. The second-order valence-electron chi connectivity index (χ2n) is 5.02. The summed E-state index contributed by atoms with van der Waals surface area (Å²) in [5.74, 6) is 1.12. The van der Waals surface area contributed by atoms with Gasteiger partial charge in [0.25, 0.3) is 0 Å². The predicted molar refractivity (Wildman–Crippen MR) is 70.2 cm³/mol. The van der Waals surface area contributed by atoms with E-state index >= 15 is 0 Å². The molecule has 0 amide bonds. The summed E-state index contributed by atoms with van der Waals surface area (Å²) in [6, 6.07) is 14.1. The fraction of sp³-hybridized carbons (Fsp3) is 0.312. The topological polar surface area (TPSA) is 17.1 Å². The largest absolute Gasteiger partial charge is 0.294 e. The fourth-order valence-corrected chi connectivity index (χ4v) is 2.50. The van der Waals surface area contributed by atoms with Gasteiger partial charge in [0.05, 0.1) is 0 Å². The highest BCUT2D eigenvalue weighted by Crippen LogP contribution is 2.38. The van der Waals surface area contributed by atoms with Crippen LogP contribution >= 0.6 is 0 Å². The molecule has 0 heterocycles. The van der Waals surface area contributed by atoms with Crippen LogP contribution in [-0.4, -0.2) is 5.78 Å². The molecular formula is C16H16O. The fourth-order valence-electron chi connectivity index (χ4n) is 2.50. The molecule has 0 N–H and O–H groups in total. The maximum absolute atomic E-state index is 12.4. The highest BCUT2D eigenvalue weighted by Gasteiger charge is 2.33. The molecule has 1 nitrogen and oxygen atoms in total. The minimum absolute atomic E-state index is 0.181. The van der Waals surface area contributed by atoms with Gasteiger partial charge in [0.1, 0.15) is 0 Å². The molecule has 86 valence electrons. The number of hydrogen-bond acceptors (Lipinski definition) is 1. The second-order valence-corrected chi connectivity index (χ2v) is 5.02. The third kappa shape index (κ3) is 1.86. The smallest absolute Gasteiger partial charge is 0.166 e. The van der Waals surface area contributed by atoms with Gasteiger partial charge in [-0.3, -0.25) is 4.79 Å². The molecule has 2 aromatic rings. The number of rotatable bonds is 3. The molecule has 1 heteroatoms. The number of benzene rings is 2. The molecule has 1 saturated carbocycles. The van der Waals surface area contributed by atoms with Crippen LogP contribution in [0.4, 0.5) is 0 Å². The quantitative estimate of drug-likeness (QED) is 0.718. The summed E-state index contributed by atoms with van der Waals surface area (Å²) in [7, 11) is 0. The SMILES string of the molecule is CC(C(=O)c1cccc2ccccc12)C1CC1. The Bertz CT molecular complexity index is 561. The Kier molecular flexibility index (Phi) is 2.47. The molecular weight excluding hydrogens is 208 g/mol. The number of fused-ring (bicyclic) bond motifs is 1. The zero-order valence-corrected chi connectivity index (χ0v) is 10.0. The van der Waals surface area contributed by atoms with Gasteiger partial charge in [-0.15, -0.1) is 0 Å². The van der Waals surface area contributed by atoms with Crippen molar-refractivity contribution < 1.29 is 4.79 Å². The van der Waals surface area contributed by atoms with Crippen molar-refractivity contribution in [3.8, 4) is 0 Å².